The third-order valence-corrected chi connectivity index (χ3v) is 7.66. The molecule has 31 heavy (non-hydrogen) atoms. The van der Waals surface area contributed by atoms with Crippen LogP contribution in [-0.4, -0.2) is 45.5 Å². The summed E-state index contributed by atoms with van der Waals surface area (Å²) in [7, 11) is -3.55. The van der Waals surface area contributed by atoms with Gasteiger partial charge in [0.05, 0.1) is 11.5 Å². The average Bonchev–Trinajstić information content (AvgIpc) is 2.77. The van der Waals surface area contributed by atoms with Gasteiger partial charge in [-0.2, -0.15) is 4.31 Å². The summed E-state index contributed by atoms with van der Waals surface area (Å²) in [5, 5.41) is 0. The standard InChI is InChI=1S/C25H36N2O3S/c1-5-6-10-19-30-24-14-13-22(20-23(24)25(2,3)4)31(28,29)27-17-15-26(16-18-27)21-11-8-7-9-12-21/h7-9,11-14,20H,5-6,10,15-19H2,1-4H3. The lowest BCUT2D eigenvalue weighted by atomic mass is 9.86. The first-order chi connectivity index (χ1) is 14.7. The van der Waals surface area contributed by atoms with Crippen molar-refractivity contribution in [1.82, 2.24) is 4.31 Å². The first-order valence-corrected chi connectivity index (χ1v) is 12.7. The van der Waals surface area contributed by atoms with Crippen LogP contribution in [0.4, 0.5) is 5.69 Å². The summed E-state index contributed by atoms with van der Waals surface area (Å²) in [6.07, 6.45) is 3.28. The van der Waals surface area contributed by atoms with Crippen molar-refractivity contribution in [2.75, 3.05) is 37.7 Å². The fourth-order valence-electron chi connectivity index (χ4n) is 3.89. The molecule has 0 atom stereocenters. The van der Waals surface area contributed by atoms with Crippen LogP contribution in [0.15, 0.2) is 53.4 Å². The molecule has 0 amide bonds. The quantitative estimate of drug-likeness (QED) is 0.534. The number of piperazine rings is 1. The van der Waals surface area contributed by atoms with Crippen LogP contribution in [0.25, 0.3) is 0 Å². The van der Waals surface area contributed by atoms with Crippen molar-refractivity contribution in [3.05, 3.63) is 54.1 Å². The van der Waals surface area contributed by atoms with Crippen molar-refractivity contribution in [2.24, 2.45) is 0 Å². The van der Waals surface area contributed by atoms with E-state index in [0.717, 1.165) is 36.3 Å². The summed E-state index contributed by atoms with van der Waals surface area (Å²) in [5.74, 6) is 0.788. The van der Waals surface area contributed by atoms with Gasteiger partial charge in [0.25, 0.3) is 0 Å². The van der Waals surface area contributed by atoms with E-state index in [9.17, 15) is 8.42 Å². The second-order valence-electron chi connectivity index (χ2n) is 9.19. The lowest BCUT2D eigenvalue weighted by Gasteiger charge is -2.35. The molecular weight excluding hydrogens is 408 g/mol. The molecule has 0 N–H and O–H groups in total. The highest BCUT2D eigenvalue weighted by Crippen LogP contribution is 2.34. The summed E-state index contributed by atoms with van der Waals surface area (Å²) in [5.41, 5.74) is 1.87. The van der Waals surface area contributed by atoms with E-state index in [2.05, 4.69) is 44.7 Å². The zero-order valence-corrected chi connectivity index (χ0v) is 20.1. The SMILES string of the molecule is CCCCCOc1ccc(S(=O)(=O)N2CCN(c3ccccc3)CC2)cc1C(C)(C)C. The van der Waals surface area contributed by atoms with Crippen molar-refractivity contribution in [1.29, 1.82) is 0 Å². The molecule has 170 valence electrons. The van der Waals surface area contributed by atoms with E-state index in [1.54, 1.807) is 10.4 Å². The van der Waals surface area contributed by atoms with Gasteiger partial charge in [-0.1, -0.05) is 58.7 Å². The maximum absolute atomic E-state index is 13.4. The Morgan fingerprint density at radius 3 is 2.23 bits per heavy atom. The molecule has 6 heteroatoms. The summed E-state index contributed by atoms with van der Waals surface area (Å²) in [6, 6.07) is 15.5. The average molecular weight is 445 g/mol. The Labute approximate surface area is 188 Å². The minimum atomic E-state index is -3.55. The molecule has 3 rings (SSSR count). The molecule has 5 nitrogen and oxygen atoms in total. The van der Waals surface area contributed by atoms with Crippen LogP contribution in [0, 0.1) is 0 Å². The fraction of sp³-hybridized carbons (Fsp3) is 0.520. The second kappa shape index (κ2) is 10.0. The predicted octanol–water partition coefficient (Wildman–Crippen LogP) is 5.06. The molecule has 0 bridgehead atoms. The van der Waals surface area contributed by atoms with Gasteiger partial charge in [0, 0.05) is 37.4 Å². The van der Waals surface area contributed by atoms with Gasteiger partial charge in [0.15, 0.2) is 0 Å². The Morgan fingerprint density at radius 2 is 1.61 bits per heavy atom. The highest BCUT2D eigenvalue weighted by molar-refractivity contribution is 7.89. The van der Waals surface area contributed by atoms with Gasteiger partial charge in [-0.3, -0.25) is 0 Å². The molecule has 1 fully saturated rings. The molecule has 1 heterocycles. The smallest absolute Gasteiger partial charge is 0.243 e. The van der Waals surface area contributed by atoms with E-state index in [4.69, 9.17) is 4.74 Å². The molecule has 1 saturated heterocycles. The lowest BCUT2D eigenvalue weighted by Crippen LogP contribution is -2.48. The number of nitrogens with zero attached hydrogens (tertiary/aromatic N) is 2. The second-order valence-corrected chi connectivity index (χ2v) is 11.1. The molecule has 1 aliphatic rings. The van der Waals surface area contributed by atoms with E-state index in [-0.39, 0.29) is 5.41 Å². The molecule has 2 aromatic rings. The van der Waals surface area contributed by atoms with Crippen molar-refractivity contribution >= 4 is 15.7 Å². The van der Waals surface area contributed by atoms with Crippen LogP contribution in [0.3, 0.4) is 0 Å². The van der Waals surface area contributed by atoms with Crippen LogP contribution in [-0.2, 0) is 15.4 Å². The van der Waals surface area contributed by atoms with Gasteiger partial charge in [0.2, 0.25) is 10.0 Å². The molecule has 0 aromatic heterocycles. The van der Waals surface area contributed by atoms with Gasteiger partial charge in [-0.05, 0) is 42.2 Å². The monoisotopic (exact) mass is 444 g/mol. The Morgan fingerprint density at radius 1 is 0.935 bits per heavy atom. The van der Waals surface area contributed by atoms with Gasteiger partial charge in [0.1, 0.15) is 5.75 Å². The summed E-state index contributed by atoms with van der Waals surface area (Å²) in [6.45, 7) is 11.4. The van der Waals surface area contributed by atoms with E-state index in [0.29, 0.717) is 37.7 Å². The number of ether oxygens (including phenoxy) is 1. The highest BCUT2D eigenvalue weighted by Gasteiger charge is 2.30. The Hall–Kier alpha value is -2.05. The summed E-state index contributed by atoms with van der Waals surface area (Å²) >= 11 is 0. The molecule has 1 aliphatic heterocycles. The normalized spacial score (nSPS) is 15.8. The van der Waals surface area contributed by atoms with Crippen LogP contribution in [0.2, 0.25) is 0 Å². The fourth-order valence-corrected chi connectivity index (χ4v) is 5.34. The van der Waals surface area contributed by atoms with Crippen LogP contribution in [0.1, 0.15) is 52.5 Å². The summed E-state index contributed by atoms with van der Waals surface area (Å²) in [4.78, 5) is 2.59. The van der Waals surface area contributed by atoms with Crippen LogP contribution < -0.4 is 9.64 Å². The molecule has 0 aliphatic carbocycles. The van der Waals surface area contributed by atoms with Crippen molar-refractivity contribution in [3.8, 4) is 5.75 Å². The Balaban J connectivity index is 1.76. The number of rotatable bonds is 8. The van der Waals surface area contributed by atoms with Crippen molar-refractivity contribution < 1.29 is 13.2 Å². The topological polar surface area (TPSA) is 49.9 Å². The van der Waals surface area contributed by atoms with Gasteiger partial charge < -0.3 is 9.64 Å². The molecule has 0 spiro atoms. The van der Waals surface area contributed by atoms with Crippen molar-refractivity contribution in [3.63, 3.8) is 0 Å². The summed E-state index contributed by atoms with van der Waals surface area (Å²) < 4.78 is 34.4. The molecular formula is C25H36N2O3S. The Bertz CT molecular complexity index is 944. The van der Waals surface area contributed by atoms with Crippen LogP contribution in [0.5, 0.6) is 5.75 Å². The maximum Gasteiger partial charge on any atom is 0.243 e. The maximum atomic E-state index is 13.4. The highest BCUT2D eigenvalue weighted by atomic mass is 32.2. The number of para-hydroxylation sites is 1. The van der Waals surface area contributed by atoms with Crippen LogP contribution >= 0.6 is 0 Å². The molecule has 0 radical (unpaired) electrons. The minimum absolute atomic E-state index is 0.211. The van der Waals surface area contributed by atoms with E-state index in [1.165, 1.54) is 0 Å². The van der Waals surface area contributed by atoms with Gasteiger partial charge in [-0.25, -0.2) is 8.42 Å². The number of hydrogen-bond acceptors (Lipinski definition) is 4. The van der Waals surface area contributed by atoms with Crippen molar-refractivity contribution in [2.45, 2.75) is 57.3 Å². The third kappa shape index (κ3) is 5.80. The zero-order chi connectivity index (χ0) is 22.5. The minimum Gasteiger partial charge on any atom is -0.493 e. The van der Waals surface area contributed by atoms with Gasteiger partial charge >= 0.3 is 0 Å². The lowest BCUT2D eigenvalue weighted by molar-refractivity contribution is 0.298. The molecule has 0 unspecified atom stereocenters. The van der Waals surface area contributed by atoms with E-state index < -0.39 is 10.0 Å². The van der Waals surface area contributed by atoms with Gasteiger partial charge in [-0.15, -0.1) is 0 Å². The first kappa shape index (κ1) is 23.6. The number of unbranched alkanes of at least 4 members (excludes halogenated alkanes) is 2. The largest absolute Gasteiger partial charge is 0.493 e. The third-order valence-electron chi connectivity index (χ3n) is 5.76. The zero-order valence-electron chi connectivity index (χ0n) is 19.3. The number of benzene rings is 2. The number of sulfonamides is 1. The molecule has 2 aromatic carbocycles. The number of anilines is 1. The number of hydrogen-bond donors (Lipinski definition) is 0. The first-order valence-electron chi connectivity index (χ1n) is 11.3. The predicted molar refractivity (Wildman–Crippen MR) is 128 cm³/mol. The van der Waals surface area contributed by atoms with E-state index in [1.807, 2.05) is 30.3 Å². The van der Waals surface area contributed by atoms with E-state index >= 15 is 0 Å². The molecule has 0 saturated carbocycles. The Kier molecular flexibility index (Phi) is 7.65.